The van der Waals surface area contributed by atoms with Gasteiger partial charge in [0.05, 0.1) is 0 Å². The summed E-state index contributed by atoms with van der Waals surface area (Å²) in [5, 5.41) is 10.6. The van der Waals surface area contributed by atoms with Gasteiger partial charge in [0.25, 0.3) is 0 Å². The molecule has 0 aromatic rings. The monoisotopic (exact) mass is 283 g/mol. The van der Waals surface area contributed by atoms with Crippen LogP contribution in [0.25, 0.3) is 0 Å². The molecular weight excluding hydrogens is 250 g/mol. The lowest BCUT2D eigenvalue weighted by molar-refractivity contribution is -0.0979. The summed E-state index contributed by atoms with van der Waals surface area (Å²) in [5.74, 6) is 0.817. The predicted molar refractivity (Wildman–Crippen MR) is 85.0 cm³/mol. The Morgan fingerprint density at radius 3 is 2.25 bits per heavy atom. The van der Waals surface area contributed by atoms with Crippen molar-refractivity contribution in [2.45, 2.75) is 70.5 Å². The Balaban J connectivity index is 0.000000211. The summed E-state index contributed by atoms with van der Waals surface area (Å²) in [7, 11) is 0. The molecule has 0 amide bonds. The molecule has 3 fully saturated rings. The molecule has 1 spiro atoms. The Bertz CT molecular complexity index is 250. The molecule has 0 radical (unpaired) electrons. The summed E-state index contributed by atoms with van der Waals surface area (Å²) in [4.78, 5) is 8.00. The Morgan fingerprint density at radius 1 is 1.25 bits per heavy atom. The fraction of sp³-hybridized carbons (Fsp3) is 0.938. The van der Waals surface area contributed by atoms with Gasteiger partial charge in [0.15, 0.2) is 0 Å². The van der Waals surface area contributed by atoms with E-state index in [-0.39, 0.29) is 0 Å². The smallest absolute Gasteiger partial charge is 0.106 e. The quantitative estimate of drug-likeness (QED) is 0.722. The summed E-state index contributed by atoms with van der Waals surface area (Å²) >= 11 is 0. The van der Waals surface area contributed by atoms with Gasteiger partial charge in [0, 0.05) is 30.7 Å². The zero-order valence-corrected chi connectivity index (χ0v) is 13.5. The van der Waals surface area contributed by atoms with Gasteiger partial charge in [0.1, 0.15) is 6.79 Å². The van der Waals surface area contributed by atoms with Gasteiger partial charge >= 0.3 is 0 Å². The van der Waals surface area contributed by atoms with Gasteiger partial charge in [0.2, 0.25) is 0 Å². The number of nitrogens with one attached hydrogen (secondary N) is 3. The van der Waals surface area contributed by atoms with Crippen LogP contribution in [0.1, 0.15) is 52.9 Å². The average Bonchev–Trinajstić information content (AvgIpc) is 3.03. The van der Waals surface area contributed by atoms with Crippen LogP contribution in [0.2, 0.25) is 0 Å². The van der Waals surface area contributed by atoms with Crippen LogP contribution in [-0.2, 0) is 4.79 Å². The van der Waals surface area contributed by atoms with Gasteiger partial charge in [-0.05, 0) is 51.5 Å². The van der Waals surface area contributed by atoms with Crippen LogP contribution in [0, 0.1) is 5.92 Å². The molecule has 3 aliphatic rings. The minimum atomic E-state index is 0.535. The van der Waals surface area contributed by atoms with Gasteiger partial charge in [-0.1, -0.05) is 13.8 Å². The van der Waals surface area contributed by atoms with Crippen LogP contribution in [0.4, 0.5) is 0 Å². The van der Waals surface area contributed by atoms with E-state index in [0.717, 1.165) is 18.0 Å². The molecule has 1 saturated carbocycles. The average molecular weight is 283 g/mol. The van der Waals surface area contributed by atoms with Gasteiger partial charge in [-0.15, -0.1) is 0 Å². The molecular formula is C16H33N3O. The molecule has 3 rings (SSSR count). The minimum absolute atomic E-state index is 0.535. The first-order valence-corrected chi connectivity index (χ1v) is 8.10. The lowest BCUT2D eigenvalue weighted by Crippen LogP contribution is -2.56. The van der Waals surface area contributed by atoms with Gasteiger partial charge in [-0.25, -0.2) is 0 Å². The summed E-state index contributed by atoms with van der Waals surface area (Å²) in [6.07, 6.45) is 6.83. The van der Waals surface area contributed by atoms with E-state index in [1.165, 1.54) is 51.7 Å². The van der Waals surface area contributed by atoms with E-state index in [4.69, 9.17) is 4.79 Å². The van der Waals surface area contributed by atoms with E-state index in [1.54, 1.807) is 0 Å². The van der Waals surface area contributed by atoms with Crippen LogP contribution in [0.5, 0.6) is 0 Å². The first-order valence-electron chi connectivity index (χ1n) is 8.10. The highest BCUT2D eigenvalue weighted by Crippen LogP contribution is 2.36. The number of carbonyl (C=O) groups excluding carboxylic acids is 1. The molecule has 1 aliphatic carbocycles. The zero-order chi connectivity index (χ0) is 15.0. The van der Waals surface area contributed by atoms with Crippen molar-refractivity contribution >= 4 is 6.79 Å². The third-order valence-corrected chi connectivity index (χ3v) is 4.37. The maximum atomic E-state index is 8.00. The molecule has 20 heavy (non-hydrogen) atoms. The molecule has 2 unspecified atom stereocenters. The first-order chi connectivity index (χ1) is 9.60. The van der Waals surface area contributed by atoms with Crippen LogP contribution in [0.15, 0.2) is 0 Å². The van der Waals surface area contributed by atoms with Crippen molar-refractivity contribution in [3.63, 3.8) is 0 Å². The number of hydrogen-bond acceptors (Lipinski definition) is 4. The molecule has 2 saturated heterocycles. The normalized spacial score (nSPS) is 30.2. The van der Waals surface area contributed by atoms with Crippen molar-refractivity contribution in [3.8, 4) is 0 Å². The third-order valence-electron chi connectivity index (χ3n) is 4.37. The van der Waals surface area contributed by atoms with Gasteiger partial charge in [-0.3, -0.25) is 0 Å². The highest BCUT2D eigenvalue weighted by atomic mass is 16.1. The van der Waals surface area contributed by atoms with Gasteiger partial charge < -0.3 is 20.7 Å². The van der Waals surface area contributed by atoms with E-state index in [2.05, 4.69) is 36.7 Å². The first kappa shape index (κ1) is 17.6. The number of carbonyl (C=O) groups is 1. The van der Waals surface area contributed by atoms with Crippen molar-refractivity contribution in [2.24, 2.45) is 5.92 Å². The Labute approximate surface area is 124 Å². The maximum absolute atomic E-state index is 8.00. The van der Waals surface area contributed by atoms with Crippen molar-refractivity contribution in [2.75, 3.05) is 19.6 Å². The second-order valence-corrected chi connectivity index (χ2v) is 6.87. The largest absolute Gasteiger partial charge is 0.314 e. The van der Waals surface area contributed by atoms with Crippen LogP contribution >= 0.6 is 0 Å². The molecule has 2 heterocycles. The molecule has 0 aromatic carbocycles. The van der Waals surface area contributed by atoms with E-state index in [0.29, 0.717) is 5.54 Å². The number of piperazine rings is 1. The van der Waals surface area contributed by atoms with Crippen molar-refractivity contribution in [1.82, 2.24) is 16.0 Å². The standard InChI is InChI=1S/C10H20N2.C5H11N.CH2O/c1-8(2)5-9-6-12-10(3-4-10)7-11-9;1-5-3-2-4-6-5;1-2/h8-9,11-12H,3-7H2,1-2H3;5-6H,2-4H2,1H3;1H2. The lowest BCUT2D eigenvalue weighted by Gasteiger charge is -2.32. The summed E-state index contributed by atoms with van der Waals surface area (Å²) in [5.41, 5.74) is 0.535. The fourth-order valence-corrected chi connectivity index (χ4v) is 2.91. The molecule has 0 aromatic heterocycles. The second kappa shape index (κ2) is 8.75. The van der Waals surface area contributed by atoms with E-state index in [1.807, 2.05) is 6.79 Å². The lowest BCUT2D eigenvalue weighted by atomic mass is 10.0. The Morgan fingerprint density at radius 2 is 1.95 bits per heavy atom. The predicted octanol–water partition coefficient (Wildman–Crippen LogP) is 1.70. The topological polar surface area (TPSA) is 53.2 Å². The highest BCUT2D eigenvalue weighted by molar-refractivity contribution is 5.11. The number of hydrogen-bond donors (Lipinski definition) is 3. The molecule has 2 atom stereocenters. The minimum Gasteiger partial charge on any atom is -0.314 e. The van der Waals surface area contributed by atoms with Crippen molar-refractivity contribution in [3.05, 3.63) is 0 Å². The molecule has 4 nitrogen and oxygen atoms in total. The summed E-state index contributed by atoms with van der Waals surface area (Å²) < 4.78 is 0. The van der Waals surface area contributed by atoms with Crippen molar-refractivity contribution < 1.29 is 4.79 Å². The Kier molecular flexibility index (Phi) is 7.70. The van der Waals surface area contributed by atoms with Crippen molar-refractivity contribution in [1.29, 1.82) is 0 Å². The zero-order valence-electron chi connectivity index (χ0n) is 13.5. The Hall–Kier alpha value is -0.450. The van der Waals surface area contributed by atoms with Crippen LogP contribution < -0.4 is 16.0 Å². The summed E-state index contributed by atoms with van der Waals surface area (Å²) in [6, 6.07) is 1.52. The third kappa shape index (κ3) is 6.33. The van der Waals surface area contributed by atoms with E-state index < -0.39 is 0 Å². The molecule has 118 valence electrons. The SMILES string of the molecule is C=O.CC(C)CC1CNC2(CC2)CN1.CC1CCCN1. The number of rotatable bonds is 2. The highest BCUT2D eigenvalue weighted by Gasteiger charge is 2.44. The molecule has 2 aliphatic heterocycles. The summed E-state index contributed by atoms with van der Waals surface area (Å²) in [6.45, 7) is 12.4. The second-order valence-electron chi connectivity index (χ2n) is 6.87. The molecule has 0 bridgehead atoms. The molecule has 4 heteroatoms. The van der Waals surface area contributed by atoms with Crippen LogP contribution in [-0.4, -0.2) is 44.0 Å². The molecule has 3 N–H and O–H groups in total. The van der Waals surface area contributed by atoms with Crippen LogP contribution in [0.3, 0.4) is 0 Å². The van der Waals surface area contributed by atoms with E-state index >= 15 is 0 Å². The van der Waals surface area contributed by atoms with Gasteiger partial charge in [-0.2, -0.15) is 0 Å². The maximum Gasteiger partial charge on any atom is 0.106 e. The van der Waals surface area contributed by atoms with E-state index in [9.17, 15) is 0 Å². The fourth-order valence-electron chi connectivity index (χ4n) is 2.91.